The molecule has 1 atom stereocenters. The molecule has 0 amide bonds. The molecule has 0 aliphatic carbocycles. The molecule has 3 aromatic carbocycles. The van der Waals surface area contributed by atoms with Crippen molar-refractivity contribution in [1.29, 1.82) is 0 Å². The average molecular weight is 396 g/mol. The van der Waals surface area contributed by atoms with Gasteiger partial charge in [0.1, 0.15) is 5.75 Å². The number of ether oxygens (including phenoxy) is 1. The van der Waals surface area contributed by atoms with Gasteiger partial charge in [0.05, 0.1) is 23.7 Å². The summed E-state index contributed by atoms with van der Waals surface area (Å²) in [6.07, 6.45) is 0. The zero-order chi connectivity index (χ0) is 20.3. The van der Waals surface area contributed by atoms with Gasteiger partial charge >= 0.3 is 0 Å². The van der Waals surface area contributed by atoms with Gasteiger partial charge in [-0.2, -0.15) is 0 Å². The fourth-order valence-corrected chi connectivity index (χ4v) is 4.95. The third kappa shape index (κ3) is 3.90. The highest BCUT2D eigenvalue weighted by Gasteiger charge is 2.31. The van der Waals surface area contributed by atoms with E-state index < -0.39 is 10.0 Å². The van der Waals surface area contributed by atoms with Crippen LogP contribution in [0.1, 0.15) is 29.7 Å². The van der Waals surface area contributed by atoms with E-state index >= 15 is 0 Å². The van der Waals surface area contributed by atoms with Crippen LogP contribution in [0.4, 0.5) is 5.69 Å². The monoisotopic (exact) mass is 395 g/mol. The topological polar surface area (TPSA) is 46.6 Å². The summed E-state index contributed by atoms with van der Waals surface area (Å²) < 4.78 is 34.1. The minimum atomic E-state index is -3.78. The van der Waals surface area contributed by atoms with Gasteiger partial charge in [-0.25, -0.2) is 8.42 Å². The Kier molecular flexibility index (Phi) is 5.75. The van der Waals surface area contributed by atoms with Crippen molar-refractivity contribution in [3.8, 4) is 5.75 Å². The van der Waals surface area contributed by atoms with Crippen LogP contribution in [0.25, 0.3) is 0 Å². The van der Waals surface area contributed by atoms with Crippen molar-refractivity contribution >= 4 is 15.7 Å². The van der Waals surface area contributed by atoms with Gasteiger partial charge < -0.3 is 4.74 Å². The Labute approximate surface area is 167 Å². The molecule has 0 aromatic heterocycles. The second-order valence-corrected chi connectivity index (χ2v) is 8.66. The first-order chi connectivity index (χ1) is 13.3. The molecule has 3 aromatic rings. The molecule has 0 heterocycles. The molecule has 0 fully saturated rings. The molecule has 28 heavy (non-hydrogen) atoms. The molecule has 0 spiro atoms. The SMILES string of the molecule is COc1cccc(N(C(C)c2ccccc2C)S(=O)(=O)c2ccc(C)cc2)c1. The van der Waals surface area contributed by atoms with Crippen molar-refractivity contribution in [1.82, 2.24) is 0 Å². The number of anilines is 1. The maximum atomic E-state index is 13.7. The van der Waals surface area contributed by atoms with Gasteiger partial charge in [-0.05, 0) is 56.2 Å². The number of sulfonamides is 1. The summed E-state index contributed by atoms with van der Waals surface area (Å²) in [5.41, 5.74) is 3.58. The Morgan fingerprint density at radius 3 is 2.21 bits per heavy atom. The fraction of sp³-hybridized carbons (Fsp3) is 0.217. The molecule has 0 radical (unpaired) electrons. The molecule has 0 saturated carbocycles. The quantitative estimate of drug-likeness (QED) is 0.571. The van der Waals surface area contributed by atoms with E-state index in [9.17, 15) is 8.42 Å². The van der Waals surface area contributed by atoms with Gasteiger partial charge in [0.25, 0.3) is 10.0 Å². The molecule has 1 unspecified atom stereocenters. The second kappa shape index (κ2) is 8.07. The summed E-state index contributed by atoms with van der Waals surface area (Å²) in [6, 6.07) is 21.6. The maximum Gasteiger partial charge on any atom is 0.264 e. The predicted octanol–water partition coefficient (Wildman–Crippen LogP) is 5.27. The van der Waals surface area contributed by atoms with Crippen LogP contribution in [0.15, 0.2) is 77.7 Å². The third-order valence-corrected chi connectivity index (χ3v) is 6.79. The number of benzene rings is 3. The summed E-state index contributed by atoms with van der Waals surface area (Å²) >= 11 is 0. The molecule has 0 aliphatic rings. The van der Waals surface area contributed by atoms with Gasteiger partial charge in [-0.3, -0.25) is 4.31 Å². The van der Waals surface area contributed by atoms with Gasteiger partial charge in [-0.15, -0.1) is 0 Å². The summed E-state index contributed by atoms with van der Waals surface area (Å²) in [7, 11) is -2.21. The Bertz CT molecular complexity index is 1060. The lowest BCUT2D eigenvalue weighted by molar-refractivity contribution is 0.415. The van der Waals surface area contributed by atoms with Gasteiger partial charge in [0, 0.05) is 6.07 Å². The Morgan fingerprint density at radius 1 is 0.893 bits per heavy atom. The number of rotatable bonds is 6. The summed E-state index contributed by atoms with van der Waals surface area (Å²) in [5.74, 6) is 0.610. The van der Waals surface area contributed by atoms with Crippen molar-refractivity contribution < 1.29 is 13.2 Å². The molecule has 0 N–H and O–H groups in total. The van der Waals surface area contributed by atoms with Gasteiger partial charge in [0.15, 0.2) is 0 Å². The van der Waals surface area contributed by atoms with E-state index in [4.69, 9.17) is 4.74 Å². The van der Waals surface area contributed by atoms with E-state index in [0.717, 1.165) is 16.7 Å². The molecule has 0 bridgehead atoms. The summed E-state index contributed by atoms with van der Waals surface area (Å²) in [5, 5.41) is 0. The largest absolute Gasteiger partial charge is 0.497 e. The molecule has 5 heteroatoms. The second-order valence-electron chi connectivity index (χ2n) is 6.85. The number of hydrogen-bond donors (Lipinski definition) is 0. The Hall–Kier alpha value is -2.79. The normalized spacial score (nSPS) is 12.4. The van der Waals surface area contributed by atoms with Crippen molar-refractivity contribution in [3.63, 3.8) is 0 Å². The number of nitrogens with zero attached hydrogens (tertiary/aromatic N) is 1. The maximum absolute atomic E-state index is 13.7. The van der Waals surface area contributed by atoms with E-state index in [1.165, 1.54) is 4.31 Å². The first-order valence-electron chi connectivity index (χ1n) is 9.15. The van der Waals surface area contributed by atoms with Crippen LogP contribution in [0, 0.1) is 13.8 Å². The first kappa shape index (κ1) is 20.0. The molecule has 0 aliphatic heterocycles. The Morgan fingerprint density at radius 2 is 1.57 bits per heavy atom. The lowest BCUT2D eigenvalue weighted by Gasteiger charge is -2.32. The fourth-order valence-electron chi connectivity index (χ4n) is 3.32. The van der Waals surface area contributed by atoms with Gasteiger partial charge in [-0.1, -0.05) is 48.0 Å². The number of methoxy groups -OCH3 is 1. The van der Waals surface area contributed by atoms with Crippen LogP contribution in [0.2, 0.25) is 0 Å². The van der Waals surface area contributed by atoms with Crippen molar-refractivity contribution in [3.05, 3.63) is 89.5 Å². The molecular formula is C23H25NO3S. The lowest BCUT2D eigenvalue weighted by Crippen LogP contribution is -2.34. The predicted molar refractivity (Wildman–Crippen MR) is 113 cm³/mol. The summed E-state index contributed by atoms with van der Waals surface area (Å²) in [4.78, 5) is 0.265. The van der Waals surface area contributed by atoms with Crippen LogP contribution in [0.3, 0.4) is 0 Å². The highest BCUT2D eigenvalue weighted by molar-refractivity contribution is 7.92. The molecule has 3 rings (SSSR count). The van der Waals surface area contributed by atoms with Gasteiger partial charge in [0.2, 0.25) is 0 Å². The number of aryl methyl sites for hydroxylation is 2. The van der Waals surface area contributed by atoms with Crippen LogP contribution in [0.5, 0.6) is 5.75 Å². The zero-order valence-corrected chi connectivity index (χ0v) is 17.4. The minimum absolute atomic E-state index is 0.265. The average Bonchev–Trinajstić information content (AvgIpc) is 2.68. The molecule has 146 valence electrons. The molecular weight excluding hydrogens is 370 g/mol. The van der Waals surface area contributed by atoms with E-state index in [2.05, 4.69) is 0 Å². The van der Waals surface area contributed by atoms with Crippen molar-refractivity contribution in [2.45, 2.75) is 31.7 Å². The first-order valence-corrected chi connectivity index (χ1v) is 10.6. The van der Waals surface area contributed by atoms with Crippen LogP contribution in [-0.4, -0.2) is 15.5 Å². The van der Waals surface area contributed by atoms with Crippen molar-refractivity contribution in [2.75, 3.05) is 11.4 Å². The van der Waals surface area contributed by atoms with Crippen LogP contribution < -0.4 is 9.04 Å². The zero-order valence-electron chi connectivity index (χ0n) is 16.6. The number of hydrogen-bond acceptors (Lipinski definition) is 3. The van der Waals surface area contributed by atoms with E-state index in [0.29, 0.717) is 11.4 Å². The van der Waals surface area contributed by atoms with E-state index in [1.54, 1.807) is 43.5 Å². The van der Waals surface area contributed by atoms with E-state index in [1.807, 2.05) is 57.2 Å². The van der Waals surface area contributed by atoms with Crippen LogP contribution >= 0.6 is 0 Å². The molecule has 0 saturated heterocycles. The standard InChI is InChI=1S/C23H25NO3S/c1-17-12-14-22(15-13-17)28(25,26)24(20-9-7-10-21(16-20)27-4)19(3)23-11-6-5-8-18(23)2/h5-16,19H,1-4H3. The highest BCUT2D eigenvalue weighted by Crippen LogP contribution is 2.35. The smallest absolute Gasteiger partial charge is 0.264 e. The van der Waals surface area contributed by atoms with Crippen LogP contribution in [-0.2, 0) is 10.0 Å². The minimum Gasteiger partial charge on any atom is -0.497 e. The van der Waals surface area contributed by atoms with Crippen molar-refractivity contribution in [2.24, 2.45) is 0 Å². The third-order valence-electron chi connectivity index (χ3n) is 4.88. The Balaban J connectivity index is 2.19. The van der Waals surface area contributed by atoms with E-state index in [-0.39, 0.29) is 10.9 Å². The lowest BCUT2D eigenvalue weighted by atomic mass is 10.0. The highest BCUT2D eigenvalue weighted by atomic mass is 32.2. The summed E-state index contributed by atoms with van der Waals surface area (Å²) in [6.45, 7) is 5.84. The molecule has 4 nitrogen and oxygen atoms in total.